The fourth-order valence-corrected chi connectivity index (χ4v) is 2.60. The molecule has 88 valence electrons. The van der Waals surface area contributed by atoms with Gasteiger partial charge in [-0.1, -0.05) is 25.2 Å². The first-order chi connectivity index (χ1) is 7.40. The summed E-state index contributed by atoms with van der Waals surface area (Å²) in [5.74, 6) is 0.566. The maximum Gasteiger partial charge on any atom is 0.263 e. The molecule has 0 spiro atoms. The van der Waals surface area contributed by atoms with E-state index in [0.717, 1.165) is 12.2 Å². The SMILES string of the molecule is Cc1nc(N)sc1C(=O)NCC1CC1(C)C. The molecule has 1 atom stereocenters. The Hall–Kier alpha value is -1.10. The van der Waals surface area contributed by atoms with Crippen molar-refractivity contribution < 1.29 is 4.79 Å². The molecule has 0 bridgehead atoms. The highest BCUT2D eigenvalue weighted by molar-refractivity contribution is 7.17. The number of hydrogen-bond donors (Lipinski definition) is 2. The summed E-state index contributed by atoms with van der Waals surface area (Å²) in [7, 11) is 0. The van der Waals surface area contributed by atoms with E-state index in [9.17, 15) is 4.79 Å². The Labute approximate surface area is 99.3 Å². The minimum Gasteiger partial charge on any atom is -0.375 e. The lowest BCUT2D eigenvalue weighted by Crippen LogP contribution is -2.26. The maximum absolute atomic E-state index is 11.8. The van der Waals surface area contributed by atoms with Crippen LogP contribution in [0, 0.1) is 18.3 Å². The molecule has 16 heavy (non-hydrogen) atoms. The van der Waals surface area contributed by atoms with Crippen molar-refractivity contribution in [1.82, 2.24) is 10.3 Å². The van der Waals surface area contributed by atoms with Crippen molar-refractivity contribution in [2.24, 2.45) is 11.3 Å². The van der Waals surface area contributed by atoms with Crippen molar-refractivity contribution >= 4 is 22.4 Å². The zero-order valence-corrected chi connectivity index (χ0v) is 10.6. The van der Waals surface area contributed by atoms with Gasteiger partial charge in [0.05, 0.1) is 5.69 Å². The Balaban J connectivity index is 1.91. The molecule has 3 N–H and O–H groups in total. The number of thiazole rings is 1. The van der Waals surface area contributed by atoms with E-state index >= 15 is 0 Å². The van der Waals surface area contributed by atoms with Crippen LogP contribution in [-0.4, -0.2) is 17.4 Å². The molecule has 1 aromatic heterocycles. The summed E-state index contributed by atoms with van der Waals surface area (Å²) >= 11 is 1.25. The van der Waals surface area contributed by atoms with Gasteiger partial charge in [0.2, 0.25) is 0 Å². The average Bonchev–Trinajstić information content (AvgIpc) is 2.63. The number of anilines is 1. The van der Waals surface area contributed by atoms with Gasteiger partial charge in [-0.25, -0.2) is 4.98 Å². The summed E-state index contributed by atoms with van der Waals surface area (Å²) in [6.45, 7) is 7.01. The predicted molar refractivity (Wildman–Crippen MR) is 65.5 cm³/mol. The lowest BCUT2D eigenvalue weighted by atomic mass is 10.1. The number of nitrogen functional groups attached to an aromatic ring is 1. The molecule has 0 aliphatic heterocycles. The number of nitrogens with two attached hydrogens (primary N) is 1. The number of carbonyl (C=O) groups is 1. The number of carbonyl (C=O) groups excluding carboxylic acids is 1. The van der Waals surface area contributed by atoms with E-state index in [2.05, 4.69) is 24.1 Å². The van der Waals surface area contributed by atoms with Crippen LogP contribution in [0.4, 0.5) is 5.13 Å². The zero-order chi connectivity index (χ0) is 11.9. The van der Waals surface area contributed by atoms with Crippen LogP contribution < -0.4 is 11.1 Å². The molecule has 1 unspecified atom stereocenters. The minimum absolute atomic E-state index is 0.0469. The van der Waals surface area contributed by atoms with Crippen LogP contribution in [0.15, 0.2) is 0 Å². The van der Waals surface area contributed by atoms with E-state index in [1.165, 1.54) is 17.8 Å². The predicted octanol–water partition coefficient (Wildman–Crippen LogP) is 1.81. The van der Waals surface area contributed by atoms with Gasteiger partial charge in [0, 0.05) is 6.54 Å². The van der Waals surface area contributed by atoms with Gasteiger partial charge in [0.1, 0.15) is 4.88 Å². The first-order valence-corrected chi connectivity index (χ1v) is 6.23. The largest absolute Gasteiger partial charge is 0.375 e. The Morgan fingerprint density at radius 3 is 2.75 bits per heavy atom. The zero-order valence-electron chi connectivity index (χ0n) is 9.83. The Morgan fingerprint density at radius 1 is 1.69 bits per heavy atom. The lowest BCUT2D eigenvalue weighted by molar-refractivity contribution is 0.0954. The smallest absolute Gasteiger partial charge is 0.263 e. The summed E-state index contributed by atoms with van der Waals surface area (Å²) < 4.78 is 0. The van der Waals surface area contributed by atoms with Gasteiger partial charge in [-0.2, -0.15) is 0 Å². The molecule has 0 radical (unpaired) electrons. The number of nitrogens with one attached hydrogen (secondary N) is 1. The fraction of sp³-hybridized carbons (Fsp3) is 0.636. The highest BCUT2D eigenvalue weighted by Crippen LogP contribution is 2.51. The maximum atomic E-state index is 11.8. The van der Waals surface area contributed by atoms with E-state index in [-0.39, 0.29) is 5.91 Å². The van der Waals surface area contributed by atoms with Gasteiger partial charge in [-0.05, 0) is 24.7 Å². The molecule has 1 aliphatic carbocycles. The molecule has 1 saturated carbocycles. The number of rotatable bonds is 3. The molecule has 0 aromatic carbocycles. The van der Waals surface area contributed by atoms with Gasteiger partial charge < -0.3 is 11.1 Å². The van der Waals surface area contributed by atoms with Crippen LogP contribution in [-0.2, 0) is 0 Å². The normalized spacial score (nSPS) is 21.8. The molecule has 2 rings (SSSR count). The molecule has 4 nitrogen and oxygen atoms in total. The summed E-state index contributed by atoms with van der Waals surface area (Å²) in [4.78, 5) is 16.5. The first-order valence-electron chi connectivity index (χ1n) is 5.41. The van der Waals surface area contributed by atoms with Gasteiger partial charge in [-0.15, -0.1) is 0 Å². The van der Waals surface area contributed by atoms with E-state index in [4.69, 9.17) is 5.73 Å². The lowest BCUT2D eigenvalue weighted by Gasteiger charge is -2.05. The van der Waals surface area contributed by atoms with Crippen LogP contribution in [0.5, 0.6) is 0 Å². The second-order valence-corrected chi connectivity index (χ2v) is 6.10. The second kappa shape index (κ2) is 3.73. The average molecular weight is 239 g/mol. The Bertz CT molecular complexity index is 425. The standard InChI is InChI=1S/C11H17N3OS/c1-6-8(16-10(12)14-6)9(15)13-5-7-4-11(7,2)3/h7H,4-5H2,1-3H3,(H2,12,14)(H,13,15). The summed E-state index contributed by atoms with van der Waals surface area (Å²) in [6, 6.07) is 0. The third kappa shape index (κ3) is 2.19. The van der Waals surface area contributed by atoms with Crippen molar-refractivity contribution in [2.75, 3.05) is 12.3 Å². The molecule has 5 heteroatoms. The molecular formula is C11H17N3OS. The summed E-state index contributed by atoms with van der Waals surface area (Å²) in [5.41, 5.74) is 6.67. The van der Waals surface area contributed by atoms with E-state index in [0.29, 0.717) is 21.3 Å². The van der Waals surface area contributed by atoms with Crippen molar-refractivity contribution in [3.8, 4) is 0 Å². The molecule has 1 amide bonds. The number of hydrogen-bond acceptors (Lipinski definition) is 4. The fourth-order valence-electron chi connectivity index (χ4n) is 1.85. The van der Waals surface area contributed by atoms with Crippen LogP contribution >= 0.6 is 11.3 Å². The van der Waals surface area contributed by atoms with Crippen molar-refractivity contribution in [2.45, 2.75) is 27.2 Å². The summed E-state index contributed by atoms with van der Waals surface area (Å²) in [5, 5.41) is 3.40. The number of aromatic nitrogens is 1. The third-order valence-electron chi connectivity index (χ3n) is 3.25. The molecular weight excluding hydrogens is 222 g/mol. The minimum atomic E-state index is -0.0469. The van der Waals surface area contributed by atoms with Gasteiger partial charge in [0.15, 0.2) is 5.13 Å². The van der Waals surface area contributed by atoms with Crippen LogP contribution in [0.25, 0.3) is 0 Å². The topological polar surface area (TPSA) is 68.0 Å². The van der Waals surface area contributed by atoms with Crippen molar-refractivity contribution in [1.29, 1.82) is 0 Å². The number of aryl methyl sites for hydroxylation is 1. The highest BCUT2D eigenvalue weighted by Gasteiger charge is 2.45. The highest BCUT2D eigenvalue weighted by atomic mass is 32.1. The van der Waals surface area contributed by atoms with Crippen molar-refractivity contribution in [3.63, 3.8) is 0 Å². The van der Waals surface area contributed by atoms with Crippen LogP contribution in [0.1, 0.15) is 35.6 Å². The third-order valence-corrected chi connectivity index (χ3v) is 4.23. The van der Waals surface area contributed by atoms with Crippen LogP contribution in [0.3, 0.4) is 0 Å². The summed E-state index contributed by atoms with van der Waals surface area (Å²) in [6.07, 6.45) is 1.19. The Kier molecular flexibility index (Phi) is 2.66. The van der Waals surface area contributed by atoms with Crippen LogP contribution in [0.2, 0.25) is 0 Å². The van der Waals surface area contributed by atoms with Crippen molar-refractivity contribution in [3.05, 3.63) is 10.6 Å². The van der Waals surface area contributed by atoms with E-state index in [1.807, 2.05) is 6.92 Å². The first kappa shape index (κ1) is 11.4. The Morgan fingerprint density at radius 2 is 2.31 bits per heavy atom. The molecule has 1 aliphatic rings. The molecule has 1 heterocycles. The number of nitrogens with zero attached hydrogens (tertiary/aromatic N) is 1. The van der Waals surface area contributed by atoms with Gasteiger partial charge in [-0.3, -0.25) is 4.79 Å². The van der Waals surface area contributed by atoms with Gasteiger partial charge in [0.25, 0.3) is 5.91 Å². The molecule has 1 fully saturated rings. The number of amides is 1. The second-order valence-electron chi connectivity index (χ2n) is 5.07. The molecule has 0 saturated heterocycles. The quantitative estimate of drug-likeness (QED) is 0.845. The van der Waals surface area contributed by atoms with E-state index in [1.54, 1.807) is 0 Å². The molecule has 1 aromatic rings. The van der Waals surface area contributed by atoms with Gasteiger partial charge >= 0.3 is 0 Å². The monoisotopic (exact) mass is 239 g/mol. The van der Waals surface area contributed by atoms with E-state index < -0.39 is 0 Å².